The van der Waals surface area contributed by atoms with E-state index in [1.807, 2.05) is 6.20 Å². The van der Waals surface area contributed by atoms with E-state index in [0.29, 0.717) is 0 Å². The van der Waals surface area contributed by atoms with Gasteiger partial charge in [-0.2, -0.15) is 5.10 Å². The molecule has 0 spiro atoms. The Morgan fingerprint density at radius 1 is 1.56 bits per heavy atom. The van der Waals surface area contributed by atoms with Crippen LogP contribution in [0.15, 0.2) is 12.3 Å². The number of rotatable bonds is 1. The number of hydrogen-bond acceptors (Lipinski definition) is 1. The van der Waals surface area contributed by atoms with Gasteiger partial charge < -0.3 is 0 Å². The normalized spacial score (nSPS) is 19.6. The minimum absolute atomic E-state index is 0.719. The molecule has 1 aliphatic rings. The number of aromatic amines is 1. The first-order valence-electron chi connectivity index (χ1n) is 3.28. The Balaban J connectivity index is 2.14. The third-order valence-electron chi connectivity index (χ3n) is 1.84. The summed E-state index contributed by atoms with van der Waals surface area (Å²) in [5.41, 5.74) is 1.22. The third-order valence-corrected chi connectivity index (χ3v) is 1.84. The van der Waals surface area contributed by atoms with Gasteiger partial charge in [0, 0.05) is 12.1 Å². The van der Waals surface area contributed by atoms with Crippen molar-refractivity contribution >= 4 is 0 Å². The highest BCUT2D eigenvalue weighted by atomic mass is 15.1. The highest BCUT2D eigenvalue weighted by molar-refractivity contribution is 5.12. The van der Waals surface area contributed by atoms with Gasteiger partial charge in [0.2, 0.25) is 0 Å². The lowest BCUT2D eigenvalue weighted by atomic mass is 9.83. The van der Waals surface area contributed by atoms with E-state index in [1.165, 1.54) is 18.5 Å². The Morgan fingerprint density at radius 3 is 2.89 bits per heavy atom. The third kappa shape index (κ3) is 0.745. The average Bonchev–Trinajstić information content (AvgIpc) is 2.11. The van der Waals surface area contributed by atoms with Crippen LogP contribution in [0.4, 0.5) is 0 Å². The fourth-order valence-corrected chi connectivity index (χ4v) is 1.07. The Hall–Kier alpha value is -0.790. The zero-order chi connectivity index (χ0) is 6.10. The van der Waals surface area contributed by atoms with E-state index in [1.54, 1.807) is 0 Å². The molecule has 0 aromatic carbocycles. The zero-order valence-corrected chi connectivity index (χ0v) is 5.17. The molecule has 1 heterocycles. The summed E-state index contributed by atoms with van der Waals surface area (Å²) in [4.78, 5) is 0. The molecule has 0 aliphatic heterocycles. The van der Waals surface area contributed by atoms with Crippen LogP contribution >= 0.6 is 0 Å². The van der Waals surface area contributed by atoms with Crippen LogP contribution in [-0.2, 0) is 0 Å². The molecule has 1 aliphatic carbocycles. The predicted octanol–water partition coefficient (Wildman–Crippen LogP) is 1.49. The summed E-state index contributed by atoms with van der Waals surface area (Å²) < 4.78 is 0. The Bertz CT molecular complexity index is 175. The summed E-state index contributed by atoms with van der Waals surface area (Å²) in [6.07, 6.45) is 6.60. The van der Waals surface area contributed by atoms with Crippen LogP contribution < -0.4 is 0 Å². The van der Waals surface area contributed by atoms with Crippen molar-refractivity contribution in [3.63, 3.8) is 0 Å². The lowest BCUT2D eigenvalue weighted by molar-refractivity contribution is 0.525. The van der Waals surface area contributed by atoms with E-state index >= 15 is 0 Å². The molecule has 9 heavy (non-hydrogen) atoms. The van der Waals surface area contributed by atoms with E-state index in [9.17, 15) is 0 Å². The molecule has 1 aromatic rings. The van der Waals surface area contributed by atoms with Gasteiger partial charge in [0.05, 0.1) is 5.69 Å². The van der Waals surface area contributed by atoms with Gasteiger partial charge in [0.25, 0.3) is 0 Å². The van der Waals surface area contributed by atoms with Gasteiger partial charge in [-0.1, -0.05) is 0 Å². The average molecular weight is 121 g/mol. The Kier molecular flexibility index (Phi) is 1.04. The van der Waals surface area contributed by atoms with Gasteiger partial charge in [-0.05, 0) is 25.3 Å². The maximum atomic E-state index is 4.09. The van der Waals surface area contributed by atoms with Gasteiger partial charge in [-0.3, -0.25) is 5.10 Å². The Labute approximate surface area is 54.3 Å². The first kappa shape index (κ1) is 5.03. The van der Waals surface area contributed by atoms with E-state index in [0.717, 1.165) is 5.92 Å². The molecule has 2 heteroatoms. The van der Waals surface area contributed by atoms with Crippen molar-refractivity contribution in [1.82, 2.24) is 10.2 Å². The second-order valence-electron chi connectivity index (χ2n) is 2.46. The molecule has 0 unspecified atom stereocenters. The van der Waals surface area contributed by atoms with Crippen molar-refractivity contribution in [3.05, 3.63) is 24.4 Å². The first-order chi connectivity index (χ1) is 4.47. The lowest BCUT2D eigenvalue weighted by Gasteiger charge is -2.22. The van der Waals surface area contributed by atoms with Gasteiger partial charge in [0.15, 0.2) is 0 Å². The molecule has 1 N–H and O–H groups in total. The van der Waals surface area contributed by atoms with Crippen molar-refractivity contribution in [3.8, 4) is 0 Å². The summed E-state index contributed by atoms with van der Waals surface area (Å²) in [5.74, 6) is 0.719. The molecule has 47 valence electrons. The van der Waals surface area contributed by atoms with E-state index in [-0.39, 0.29) is 0 Å². The van der Waals surface area contributed by atoms with Crippen LogP contribution in [0.25, 0.3) is 0 Å². The number of hydrogen-bond donors (Lipinski definition) is 1. The fraction of sp³-hybridized carbons (Fsp3) is 0.429. The monoisotopic (exact) mass is 121 g/mol. The van der Waals surface area contributed by atoms with E-state index in [2.05, 4.69) is 22.7 Å². The van der Waals surface area contributed by atoms with Crippen LogP contribution in [0, 0.1) is 6.42 Å². The second kappa shape index (κ2) is 1.87. The van der Waals surface area contributed by atoms with Crippen LogP contribution in [0.2, 0.25) is 0 Å². The fourth-order valence-electron chi connectivity index (χ4n) is 1.07. The molecule has 1 saturated carbocycles. The molecular formula is C7H9N2. The molecule has 0 amide bonds. The molecule has 2 nitrogen and oxygen atoms in total. The van der Waals surface area contributed by atoms with Crippen LogP contribution in [0.3, 0.4) is 0 Å². The smallest absolute Gasteiger partial charge is 0.0653 e. The molecular weight excluding hydrogens is 112 g/mol. The van der Waals surface area contributed by atoms with Crippen molar-refractivity contribution in [2.45, 2.75) is 18.8 Å². The zero-order valence-electron chi connectivity index (χ0n) is 5.17. The second-order valence-corrected chi connectivity index (χ2v) is 2.46. The Morgan fingerprint density at radius 2 is 2.44 bits per heavy atom. The molecule has 2 rings (SSSR count). The standard InChI is InChI=1S/C7H9N2/c1-2-6(3-1)7-4-5-8-9-7/h1,4-6H,2-3H2,(H,8,9). The molecule has 0 bridgehead atoms. The molecule has 1 aromatic heterocycles. The van der Waals surface area contributed by atoms with Crippen molar-refractivity contribution < 1.29 is 0 Å². The lowest BCUT2D eigenvalue weighted by Crippen LogP contribution is -2.09. The molecule has 0 saturated heterocycles. The maximum absolute atomic E-state index is 4.09. The van der Waals surface area contributed by atoms with E-state index in [4.69, 9.17) is 0 Å². The number of nitrogens with one attached hydrogen (secondary N) is 1. The first-order valence-corrected chi connectivity index (χ1v) is 3.28. The summed E-state index contributed by atoms with van der Waals surface area (Å²) in [5, 5.41) is 6.91. The van der Waals surface area contributed by atoms with Gasteiger partial charge >= 0.3 is 0 Å². The largest absolute Gasteiger partial charge is 0.285 e. The summed E-state index contributed by atoms with van der Waals surface area (Å²) >= 11 is 0. The number of nitrogens with zero attached hydrogens (tertiary/aromatic N) is 1. The summed E-state index contributed by atoms with van der Waals surface area (Å²) in [6.45, 7) is 0. The van der Waals surface area contributed by atoms with Crippen molar-refractivity contribution in [1.29, 1.82) is 0 Å². The molecule has 1 fully saturated rings. The highest BCUT2D eigenvalue weighted by Gasteiger charge is 2.20. The van der Waals surface area contributed by atoms with Crippen LogP contribution in [-0.4, -0.2) is 10.2 Å². The van der Waals surface area contributed by atoms with Gasteiger partial charge in [-0.25, -0.2) is 0 Å². The maximum Gasteiger partial charge on any atom is 0.0653 e. The quantitative estimate of drug-likeness (QED) is 0.599. The van der Waals surface area contributed by atoms with Crippen molar-refractivity contribution in [2.75, 3.05) is 0 Å². The SMILES string of the molecule is [CH]1CC(c2cc[nH]n2)C1. The molecule has 0 atom stereocenters. The number of aromatic nitrogens is 2. The number of H-pyrrole nitrogens is 1. The van der Waals surface area contributed by atoms with E-state index < -0.39 is 0 Å². The van der Waals surface area contributed by atoms with Gasteiger partial charge in [-0.15, -0.1) is 0 Å². The summed E-state index contributed by atoms with van der Waals surface area (Å²) in [6, 6.07) is 2.05. The highest BCUT2D eigenvalue weighted by Crippen LogP contribution is 2.33. The summed E-state index contributed by atoms with van der Waals surface area (Å²) in [7, 11) is 0. The topological polar surface area (TPSA) is 28.7 Å². The molecule has 1 radical (unpaired) electrons. The predicted molar refractivity (Wildman–Crippen MR) is 34.9 cm³/mol. The van der Waals surface area contributed by atoms with Crippen LogP contribution in [0.1, 0.15) is 24.5 Å². The minimum atomic E-state index is 0.719. The van der Waals surface area contributed by atoms with Crippen molar-refractivity contribution in [2.24, 2.45) is 0 Å². The van der Waals surface area contributed by atoms with Gasteiger partial charge in [0.1, 0.15) is 0 Å². The van der Waals surface area contributed by atoms with Crippen LogP contribution in [0.5, 0.6) is 0 Å². The minimum Gasteiger partial charge on any atom is -0.285 e.